The van der Waals surface area contributed by atoms with Crippen molar-refractivity contribution in [2.45, 2.75) is 37.2 Å². The highest BCUT2D eigenvalue weighted by atomic mass is 35.5. The topological polar surface area (TPSA) is 39.9 Å². The number of unbranched alkanes of at least 4 members (excludes halogenated alkanes) is 1. The fourth-order valence-corrected chi connectivity index (χ4v) is 3.93. The first kappa shape index (κ1) is 20.5. The van der Waals surface area contributed by atoms with E-state index < -0.39 is 0 Å². The summed E-state index contributed by atoms with van der Waals surface area (Å²) >= 11 is 7.89. The van der Waals surface area contributed by atoms with Gasteiger partial charge in [0.1, 0.15) is 5.75 Å². The van der Waals surface area contributed by atoms with Crippen LogP contribution in [0.4, 0.5) is 0 Å². The molecular formula is C22H24ClN3OS. The summed E-state index contributed by atoms with van der Waals surface area (Å²) in [7, 11) is 0. The molecule has 0 bridgehead atoms. The molecule has 0 N–H and O–H groups in total. The average Bonchev–Trinajstić information content (AvgIpc) is 3.11. The molecule has 3 rings (SSSR count). The van der Waals surface area contributed by atoms with Crippen molar-refractivity contribution in [2.24, 2.45) is 0 Å². The predicted octanol–water partition coefficient (Wildman–Crippen LogP) is 6.26. The van der Waals surface area contributed by atoms with Gasteiger partial charge in [-0.15, -0.1) is 16.8 Å². The summed E-state index contributed by atoms with van der Waals surface area (Å²) in [5.74, 6) is 2.43. The first-order valence-electron chi connectivity index (χ1n) is 9.36. The molecule has 0 spiro atoms. The van der Waals surface area contributed by atoms with Crippen LogP contribution >= 0.6 is 23.4 Å². The van der Waals surface area contributed by atoms with Crippen molar-refractivity contribution in [1.29, 1.82) is 0 Å². The SMILES string of the molecule is C=CCn1c(SCc2ccccc2Cl)nnc1-c1ccc(OCCCC)cc1. The van der Waals surface area contributed by atoms with Gasteiger partial charge in [0.05, 0.1) is 6.61 Å². The maximum absolute atomic E-state index is 6.27. The van der Waals surface area contributed by atoms with Gasteiger partial charge in [0.25, 0.3) is 0 Å². The molecule has 0 aliphatic carbocycles. The number of halogens is 1. The van der Waals surface area contributed by atoms with E-state index in [-0.39, 0.29) is 0 Å². The molecule has 3 aromatic rings. The van der Waals surface area contributed by atoms with E-state index in [4.69, 9.17) is 16.3 Å². The van der Waals surface area contributed by atoms with E-state index in [2.05, 4.69) is 28.3 Å². The van der Waals surface area contributed by atoms with Crippen LogP contribution in [0.5, 0.6) is 5.75 Å². The normalized spacial score (nSPS) is 10.8. The minimum Gasteiger partial charge on any atom is -0.494 e. The summed E-state index contributed by atoms with van der Waals surface area (Å²) in [6, 6.07) is 15.9. The molecule has 1 aromatic heterocycles. The quantitative estimate of drug-likeness (QED) is 0.223. The number of hydrogen-bond donors (Lipinski definition) is 0. The van der Waals surface area contributed by atoms with Gasteiger partial charge in [0, 0.05) is 22.9 Å². The number of hydrogen-bond acceptors (Lipinski definition) is 4. The predicted molar refractivity (Wildman–Crippen MR) is 117 cm³/mol. The smallest absolute Gasteiger partial charge is 0.192 e. The van der Waals surface area contributed by atoms with Gasteiger partial charge in [-0.25, -0.2) is 0 Å². The molecule has 0 atom stereocenters. The van der Waals surface area contributed by atoms with E-state index in [0.717, 1.165) is 58.1 Å². The highest BCUT2D eigenvalue weighted by Gasteiger charge is 2.14. The largest absolute Gasteiger partial charge is 0.494 e. The Hall–Kier alpha value is -2.24. The average molecular weight is 414 g/mol. The minimum absolute atomic E-state index is 0.641. The van der Waals surface area contributed by atoms with E-state index in [0.29, 0.717) is 6.54 Å². The van der Waals surface area contributed by atoms with E-state index in [1.807, 2.05) is 54.6 Å². The molecule has 0 saturated heterocycles. The molecule has 0 radical (unpaired) electrons. The number of nitrogens with zero attached hydrogens (tertiary/aromatic N) is 3. The Morgan fingerprint density at radius 2 is 1.93 bits per heavy atom. The van der Waals surface area contributed by atoms with E-state index in [1.165, 1.54) is 0 Å². The van der Waals surface area contributed by atoms with Gasteiger partial charge in [-0.05, 0) is 42.3 Å². The number of allylic oxidation sites excluding steroid dienone is 1. The summed E-state index contributed by atoms with van der Waals surface area (Å²) < 4.78 is 7.81. The Morgan fingerprint density at radius 3 is 2.64 bits per heavy atom. The highest BCUT2D eigenvalue weighted by Crippen LogP contribution is 2.29. The van der Waals surface area contributed by atoms with Crippen molar-refractivity contribution >= 4 is 23.4 Å². The zero-order chi connectivity index (χ0) is 19.8. The standard InChI is InChI=1S/C22H24ClN3OS/c1-3-5-15-27-19-12-10-17(11-13-19)21-24-25-22(26(21)14-4-2)28-16-18-8-6-7-9-20(18)23/h4,6-13H,2-3,5,14-16H2,1H3. The number of aromatic nitrogens is 3. The third-order valence-corrected chi connectivity index (χ3v) is 5.61. The molecule has 0 aliphatic rings. The van der Waals surface area contributed by atoms with Gasteiger partial charge in [0.2, 0.25) is 0 Å². The van der Waals surface area contributed by atoms with Gasteiger partial charge in [0.15, 0.2) is 11.0 Å². The molecule has 146 valence electrons. The second-order valence-electron chi connectivity index (χ2n) is 6.31. The van der Waals surface area contributed by atoms with Gasteiger partial charge in [-0.1, -0.05) is 61.0 Å². The lowest BCUT2D eigenvalue weighted by Crippen LogP contribution is -2.01. The number of rotatable bonds is 10. The molecule has 0 unspecified atom stereocenters. The summed E-state index contributed by atoms with van der Waals surface area (Å²) in [5.41, 5.74) is 2.08. The monoisotopic (exact) mass is 413 g/mol. The molecular weight excluding hydrogens is 390 g/mol. The lowest BCUT2D eigenvalue weighted by molar-refractivity contribution is 0.309. The Bertz CT molecular complexity index is 908. The van der Waals surface area contributed by atoms with Gasteiger partial charge in [-0.3, -0.25) is 4.57 Å². The molecule has 28 heavy (non-hydrogen) atoms. The Labute approximate surface area is 175 Å². The van der Waals surface area contributed by atoms with Crippen molar-refractivity contribution in [2.75, 3.05) is 6.61 Å². The lowest BCUT2D eigenvalue weighted by Gasteiger charge is -2.09. The van der Waals surface area contributed by atoms with E-state index >= 15 is 0 Å². The summed E-state index contributed by atoms with van der Waals surface area (Å²) in [5, 5.41) is 10.4. The summed E-state index contributed by atoms with van der Waals surface area (Å²) in [6.45, 7) is 7.41. The first-order chi connectivity index (χ1) is 13.7. The summed E-state index contributed by atoms with van der Waals surface area (Å²) in [6.07, 6.45) is 4.04. The Balaban J connectivity index is 1.76. The molecule has 0 saturated carbocycles. The Morgan fingerprint density at radius 1 is 1.14 bits per heavy atom. The van der Waals surface area contributed by atoms with Gasteiger partial charge in [-0.2, -0.15) is 0 Å². The van der Waals surface area contributed by atoms with Gasteiger partial charge >= 0.3 is 0 Å². The van der Waals surface area contributed by atoms with Crippen molar-refractivity contribution in [3.63, 3.8) is 0 Å². The number of ether oxygens (including phenoxy) is 1. The van der Waals surface area contributed by atoms with Crippen LogP contribution in [0, 0.1) is 0 Å². The Kier molecular flexibility index (Phi) is 7.57. The first-order valence-corrected chi connectivity index (χ1v) is 10.7. The number of benzene rings is 2. The van der Waals surface area contributed by atoms with E-state index in [1.54, 1.807) is 11.8 Å². The molecule has 6 heteroatoms. The van der Waals surface area contributed by atoms with Crippen LogP contribution in [0.2, 0.25) is 5.02 Å². The van der Waals surface area contributed by atoms with Crippen molar-refractivity contribution in [1.82, 2.24) is 14.8 Å². The third kappa shape index (κ3) is 5.18. The fourth-order valence-electron chi connectivity index (χ4n) is 2.70. The van der Waals surface area contributed by atoms with E-state index in [9.17, 15) is 0 Å². The van der Waals surface area contributed by atoms with Crippen LogP contribution in [-0.4, -0.2) is 21.4 Å². The molecule has 0 amide bonds. The minimum atomic E-state index is 0.641. The number of thioether (sulfide) groups is 1. The molecule has 0 aliphatic heterocycles. The van der Waals surface area contributed by atoms with Crippen LogP contribution in [0.3, 0.4) is 0 Å². The van der Waals surface area contributed by atoms with Crippen molar-refractivity contribution in [3.05, 3.63) is 71.8 Å². The van der Waals surface area contributed by atoms with Crippen LogP contribution in [0.15, 0.2) is 66.3 Å². The second kappa shape index (κ2) is 10.3. The van der Waals surface area contributed by atoms with Crippen LogP contribution in [0.25, 0.3) is 11.4 Å². The molecule has 1 heterocycles. The lowest BCUT2D eigenvalue weighted by atomic mass is 10.2. The second-order valence-corrected chi connectivity index (χ2v) is 7.66. The zero-order valence-corrected chi connectivity index (χ0v) is 17.5. The van der Waals surface area contributed by atoms with Gasteiger partial charge < -0.3 is 4.74 Å². The van der Waals surface area contributed by atoms with Crippen LogP contribution in [0.1, 0.15) is 25.3 Å². The molecule has 2 aromatic carbocycles. The third-order valence-electron chi connectivity index (χ3n) is 4.22. The summed E-state index contributed by atoms with van der Waals surface area (Å²) in [4.78, 5) is 0. The van der Waals surface area contributed by atoms with Crippen LogP contribution in [-0.2, 0) is 12.3 Å². The van der Waals surface area contributed by atoms with Crippen LogP contribution < -0.4 is 4.74 Å². The molecule has 4 nitrogen and oxygen atoms in total. The maximum Gasteiger partial charge on any atom is 0.192 e. The van der Waals surface area contributed by atoms with Crippen molar-refractivity contribution in [3.8, 4) is 17.1 Å². The van der Waals surface area contributed by atoms with Crippen molar-refractivity contribution < 1.29 is 4.74 Å². The maximum atomic E-state index is 6.27. The zero-order valence-electron chi connectivity index (χ0n) is 16.0. The molecule has 0 fully saturated rings. The fraction of sp³-hybridized carbons (Fsp3) is 0.273. The highest BCUT2D eigenvalue weighted by molar-refractivity contribution is 7.98.